The summed E-state index contributed by atoms with van der Waals surface area (Å²) in [6, 6.07) is 27.8. The quantitative estimate of drug-likeness (QED) is 0.0984. The molecule has 0 bridgehead atoms. The van der Waals surface area contributed by atoms with E-state index in [9.17, 15) is 4.79 Å². The predicted molar refractivity (Wildman–Crippen MR) is 145 cm³/mol. The third-order valence-corrected chi connectivity index (χ3v) is 7.14. The lowest BCUT2D eigenvalue weighted by atomic mass is 9.91. The highest BCUT2D eigenvalue weighted by atomic mass is 32.1. The summed E-state index contributed by atoms with van der Waals surface area (Å²) < 4.78 is 6.84. The SMILES string of the molecule is NN(CCCCCCCCOC(=O)C(c1ccccc1)c1ccccc1)c1nc2ccccc2s1. The molecular formula is C29H33N3O2S. The van der Waals surface area contributed by atoms with Gasteiger partial charge in [0.05, 0.1) is 16.8 Å². The van der Waals surface area contributed by atoms with Gasteiger partial charge in [0.25, 0.3) is 0 Å². The molecule has 35 heavy (non-hydrogen) atoms. The van der Waals surface area contributed by atoms with Crippen LogP contribution in [0, 0.1) is 0 Å². The van der Waals surface area contributed by atoms with Gasteiger partial charge in [-0.05, 0) is 36.1 Å². The van der Waals surface area contributed by atoms with Crippen LogP contribution in [-0.2, 0) is 9.53 Å². The lowest BCUT2D eigenvalue weighted by Gasteiger charge is -2.17. The van der Waals surface area contributed by atoms with E-state index in [4.69, 9.17) is 10.6 Å². The summed E-state index contributed by atoms with van der Waals surface area (Å²) in [4.78, 5) is 17.5. The van der Waals surface area contributed by atoms with Crippen molar-refractivity contribution in [3.8, 4) is 0 Å². The van der Waals surface area contributed by atoms with E-state index in [1.807, 2.05) is 78.9 Å². The molecule has 6 heteroatoms. The van der Waals surface area contributed by atoms with E-state index in [0.717, 1.165) is 71.5 Å². The molecule has 3 aromatic carbocycles. The van der Waals surface area contributed by atoms with E-state index in [-0.39, 0.29) is 11.9 Å². The fourth-order valence-corrected chi connectivity index (χ4v) is 5.10. The van der Waals surface area contributed by atoms with Gasteiger partial charge in [0.2, 0.25) is 5.13 Å². The first-order chi connectivity index (χ1) is 17.2. The second kappa shape index (κ2) is 13.0. The van der Waals surface area contributed by atoms with Crippen LogP contribution in [0.2, 0.25) is 0 Å². The molecule has 0 aliphatic carbocycles. The number of carbonyl (C=O) groups excluding carboxylic acids is 1. The summed E-state index contributed by atoms with van der Waals surface area (Å²) in [6.07, 6.45) is 6.39. The van der Waals surface area contributed by atoms with Crippen molar-refractivity contribution in [1.29, 1.82) is 0 Å². The number of benzene rings is 3. The zero-order valence-electron chi connectivity index (χ0n) is 20.0. The van der Waals surface area contributed by atoms with Crippen molar-refractivity contribution in [2.75, 3.05) is 18.2 Å². The van der Waals surface area contributed by atoms with Crippen molar-refractivity contribution in [2.45, 2.75) is 44.4 Å². The Morgan fingerprint density at radius 1 is 0.800 bits per heavy atom. The zero-order chi connectivity index (χ0) is 24.3. The fourth-order valence-electron chi connectivity index (χ4n) is 4.18. The van der Waals surface area contributed by atoms with Gasteiger partial charge in [0, 0.05) is 6.54 Å². The fraction of sp³-hybridized carbons (Fsp3) is 0.310. The Labute approximate surface area is 211 Å². The minimum Gasteiger partial charge on any atom is -0.465 e. The Bertz CT molecular complexity index is 1110. The number of rotatable bonds is 13. The average Bonchev–Trinajstić information content (AvgIpc) is 3.34. The Morgan fingerprint density at radius 2 is 1.37 bits per heavy atom. The number of hydrogen-bond acceptors (Lipinski definition) is 6. The van der Waals surface area contributed by atoms with Crippen molar-refractivity contribution in [3.05, 3.63) is 96.1 Å². The maximum Gasteiger partial charge on any atom is 0.317 e. The summed E-state index contributed by atoms with van der Waals surface area (Å²) in [5, 5.41) is 2.64. The Morgan fingerprint density at radius 3 is 2.03 bits per heavy atom. The zero-order valence-corrected chi connectivity index (χ0v) is 20.8. The number of hydrazine groups is 1. The largest absolute Gasteiger partial charge is 0.465 e. The van der Waals surface area contributed by atoms with E-state index in [1.54, 1.807) is 16.3 Å². The molecule has 0 saturated carbocycles. The van der Waals surface area contributed by atoms with Crippen LogP contribution < -0.4 is 10.9 Å². The molecule has 0 fully saturated rings. The van der Waals surface area contributed by atoms with Gasteiger partial charge in [0.15, 0.2) is 0 Å². The number of anilines is 1. The molecular weight excluding hydrogens is 454 g/mol. The molecule has 0 aliphatic heterocycles. The van der Waals surface area contributed by atoms with Gasteiger partial charge in [-0.3, -0.25) is 9.80 Å². The topological polar surface area (TPSA) is 68.4 Å². The highest BCUT2D eigenvalue weighted by Gasteiger charge is 2.23. The Kier molecular flexibility index (Phi) is 9.26. The van der Waals surface area contributed by atoms with Crippen LogP contribution in [0.4, 0.5) is 5.13 Å². The molecule has 2 N–H and O–H groups in total. The maximum atomic E-state index is 12.9. The molecule has 182 valence electrons. The van der Waals surface area contributed by atoms with E-state index in [2.05, 4.69) is 11.1 Å². The predicted octanol–water partition coefficient (Wildman–Crippen LogP) is 6.69. The van der Waals surface area contributed by atoms with Crippen molar-refractivity contribution < 1.29 is 9.53 Å². The van der Waals surface area contributed by atoms with Gasteiger partial charge in [-0.15, -0.1) is 0 Å². The number of esters is 1. The lowest BCUT2D eigenvalue weighted by molar-refractivity contribution is -0.144. The van der Waals surface area contributed by atoms with Gasteiger partial charge in [-0.2, -0.15) is 0 Å². The number of nitrogens with two attached hydrogens (primary N) is 1. The van der Waals surface area contributed by atoms with Crippen LogP contribution in [0.3, 0.4) is 0 Å². The molecule has 4 rings (SSSR count). The molecule has 0 saturated heterocycles. The van der Waals surface area contributed by atoms with Gasteiger partial charge in [0.1, 0.15) is 5.92 Å². The summed E-state index contributed by atoms with van der Waals surface area (Å²) >= 11 is 1.63. The summed E-state index contributed by atoms with van der Waals surface area (Å²) in [6.45, 7) is 1.26. The van der Waals surface area contributed by atoms with E-state index in [0.29, 0.717) is 6.61 Å². The van der Waals surface area contributed by atoms with Gasteiger partial charge in [-0.1, -0.05) is 110 Å². The Balaban J connectivity index is 1.12. The molecule has 4 aromatic rings. The van der Waals surface area contributed by atoms with Crippen LogP contribution in [0.25, 0.3) is 10.2 Å². The molecule has 0 aliphatic rings. The molecule has 1 aromatic heterocycles. The van der Waals surface area contributed by atoms with Crippen molar-refractivity contribution in [3.63, 3.8) is 0 Å². The first-order valence-corrected chi connectivity index (χ1v) is 13.2. The summed E-state index contributed by atoms with van der Waals surface area (Å²) in [5.41, 5.74) is 2.93. The second-order valence-electron chi connectivity index (χ2n) is 8.70. The molecule has 0 atom stereocenters. The molecule has 5 nitrogen and oxygen atoms in total. The third kappa shape index (κ3) is 7.13. The van der Waals surface area contributed by atoms with Gasteiger partial charge >= 0.3 is 5.97 Å². The first-order valence-electron chi connectivity index (χ1n) is 12.4. The van der Waals surface area contributed by atoms with Gasteiger partial charge in [-0.25, -0.2) is 10.8 Å². The normalized spacial score (nSPS) is 11.1. The number of unbranched alkanes of at least 4 members (excludes halogenated alkanes) is 5. The van der Waals surface area contributed by atoms with Crippen LogP contribution in [0.1, 0.15) is 55.6 Å². The summed E-state index contributed by atoms with van der Waals surface area (Å²) in [7, 11) is 0. The lowest BCUT2D eigenvalue weighted by Crippen LogP contribution is -2.31. The molecule has 0 radical (unpaired) electrons. The van der Waals surface area contributed by atoms with Crippen LogP contribution in [0.15, 0.2) is 84.9 Å². The Hall–Kier alpha value is -3.22. The monoisotopic (exact) mass is 487 g/mol. The number of aromatic nitrogens is 1. The van der Waals surface area contributed by atoms with E-state index < -0.39 is 0 Å². The maximum absolute atomic E-state index is 12.9. The number of fused-ring (bicyclic) bond motifs is 1. The van der Waals surface area contributed by atoms with Crippen molar-refractivity contribution >= 4 is 32.7 Å². The van der Waals surface area contributed by atoms with Crippen LogP contribution >= 0.6 is 11.3 Å². The highest BCUT2D eigenvalue weighted by molar-refractivity contribution is 7.22. The van der Waals surface area contributed by atoms with Crippen molar-refractivity contribution in [2.24, 2.45) is 5.84 Å². The second-order valence-corrected chi connectivity index (χ2v) is 9.71. The van der Waals surface area contributed by atoms with E-state index >= 15 is 0 Å². The van der Waals surface area contributed by atoms with Crippen molar-refractivity contribution in [1.82, 2.24) is 4.98 Å². The minimum atomic E-state index is -0.382. The standard InChI is InChI=1S/C29H33N3O2S/c30-32(29-31-25-19-11-12-20-26(25)35-29)21-13-3-1-2-4-14-22-34-28(33)27(23-15-7-5-8-16-23)24-17-9-6-10-18-24/h5-12,15-20,27H,1-4,13-14,21-22,30H2. The minimum absolute atomic E-state index is 0.180. The number of hydrogen-bond donors (Lipinski definition) is 1. The first kappa shape index (κ1) is 24.9. The number of carbonyl (C=O) groups is 1. The molecule has 0 spiro atoms. The number of nitrogens with zero attached hydrogens (tertiary/aromatic N) is 2. The van der Waals surface area contributed by atoms with E-state index in [1.165, 1.54) is 0 Å². The summed E-state index contributed by atoms with van der Waals surface area (Å²) in [5.74, 6) is 5.65. The number of thiazole rings is 1. The molecule has 1 heterocycles. The smallest absolute Gasteiger partial charge is 0.317 e. The van der Waals surface area contributed by atoms with Crippen LogP contribution in [-0.4, -0.2) is 24.1 Å². The highest BCUT2D eigenvalue weighted by Crippen LogP contribution is 2.28. The average molecular weight is 488 g/mol. The molecule has 0 amide bonds. The number of ether oxygens (including phenoxy) is 1. The van der Waals surface area contributed by atoms with Gasteiger partial charge < -0.3 is 4.74 Å². The third-order valence-electron chi connectivity index (χ3n) is 6.07. The van der Waals surface area contributed by atoms with Crippen LogP contribution in [0.5, 0.6) is 0 Å². The molecule has 0 unspecified atom stereocenters. The number of para-hydroxylation sites is 1.